The first kappa shape index (κ1) is 15.5. The maximum absolute atomic E-state index is 12.1. The van der Waals surface area contributed by atoms with Crippen LogP contribution in [0.3, 0.4) is 0 Å². The van der Waals surface area contributed by atoms with Crippen LogP contribution in [0.4, 0.5) is 5.95 Å². The highest BCUT2D eigenvalue weighted by atomic mass is 32.1. The van der Waals surface area contributed by atoms with E-state index < -0.39 is 0 Å². The fourth-order valence-corrected chi connectivity index (χ4v) is 3.49. The summed E-state index contributed by atoms with van der Waals surface area (Å²) in [6.45, 7) is 2.14. The van der Waals surface area contributed by atoms with Crippen LogP contribution in [0, 0.1) is 0 Å². The van der Waals surface area contributed by atoms with Crippen molar-refractivity contribution in [3.05, 3.63) is 53.4 Å². The molecule has 0 aliphatic carbocycles. The van der Waals surface area contributed by atoms with Gasteiger partial charge in [0, 0.05) is 22.8 Å². The number of nitrogens with zero attached hydrogens (tertiary/aromatic N) is 4. The SMILES string of the molecule is CCc1ccc(-c2cn3c(CC(=O)Nc4ncn[nH]4)csc3n2)cc1. The van der Waals surface area contributed by atoms with E-state index in [1.54, 1.807) is 0 Å². The molecular formula is C17H16N6OS. The molecule has 4 rings (SSSR count). The van der Waals surface area contributed by atoms with Crippen LogP contribution in [-0.4, -0.2) is 30.5 Å². The summed E-state index contributed by atoms with van der Waals surface area (Å²) in [7, 11) is 0. The minimum atomic E-state index is -0.154. The smallest absolute Gasteiger partial charge is 0.232 e. The van der Waals surface area contributed by atoms with Crippen LogP contribution in [0.1, 0.15) is 18.2 Å². The number of nitrogens with one attached hydrogen (secondary N) is 2. The topological polar surface area (TPSA) is 88.0 Å². The van der Waals surface area contributed by atoms with E-state index >= 15 is 0 Å². The first-order valence-electron chi connectivity index (χ1n) is 7.93. The van der Waals surface area contributed by atoms with Gasteiger partial charge >= 0.3 is 0 Å². The van der Waals surface area contributed by atoms with Crippen LogP contribution >= 0.6 is 11.3 Å². The highest BCUT2D eigenvalue weighted by molar-refractivity contribution is 7.15. The predicted octanol–water partition coefficient (Wildman–Crippen LogP) is 2.92. The van der Waals surface area contributed by atoms with E-state index in [4.69, 9.17) is 0 Å². The maximum Gasteiger partial charge on any atom is 0.232 e. The number of fused-ring (bicyclic) bond motifs is 1. The number of hydrogen-bond acceptors (Lipinski definition) is 5. The number of thiazole rings is 1. The molecule has 0 aliphatic heterocycles. The standard InChI is InChI=1S/C17H16N6OS/c1-2-11-3-5-12(6-4-11)14-8-23-13(9-25-17(23)20-14)7-15(24)21-16-18-10-19-22-16/h3-6,8-10H,2,7H2,1H3,(H2,18,19,21,22,24). The summed E-state index contributed by atoms with van der Waals surface area (Å²) in [6, 6.07) is 8.41. The molecule has 8 heteroatoms. The summed E-state index contributed by atoms with van der Waals surface area (Å²) in [5, 5.41) is 10.9. The molecule has 7 nitrogen and oxygen atoms in total. The number of aromatic nitrogens is 5. The molecule has 1 amide bonds. The van der Waals surface area contributed by atoms with Gasteiger partial charge in [-0.15, -0.1) is 11.3 Å². The molecule has 0 saturated heterocycles. The molecule has 3 heterocycles. The number of carbonyl (C=O) groups excluding carboxylic acids is 1. The number of aromatic amines is 1. The fraction of sp³-hybridized carbons (Fsp3) is 0.176. The largest absolute Gasteiger partial charge is 0.295 e. The molecule has 0 fully saturated rings. The molecule has 3 aromatic heterocycles. The van der Waals surface area contributed by atoms with Gasteiger partial charge in [-0.2, -0.15) is 10.1 Å². The van der Waals surface area contributed by atoms with E-state index in [1.807, 2.05) is 16.0 Å². The van der Waals surface area contributed by atoms with E-state index in [9.17, 15) is 4.79 Å². The Morgan fingerprint density at radius 3 is 2.88 bits per heavy atom. The van der Waals surface area contributed by atoms with Gasteiger partial charge < -0.3 is 0 Å². The third-order valence-electron chi connectivity index (χ3n) is 3.96. The van der Waals surface area contributed by atoms with Crippen LogP contribution < -0.4 is 5.32 Å². The normalized spacial score (nSPS) is 11.1. The molecule has 1 aromatic carbocycles. The monoisotopic (exact) mass is 352 g/mol. The summed E-state index contributed by atoms with van der Waals surface area (Å²) < 4.78 is 1.97. The van der Waals surface area contributed by atoms with Crippen molar-refractivity contribution < 1.29 is 4.79 Å². The molecule has 0 saturated carbocycles. The Labute approximate surface area is 147 Å². The van der Waals surface area contributed by atoms with E-state index in [1.165, 1.54) is 23.2 Å². The summed E-state index contributed by atoms with van der Waals surface area (Å²) in [6.07, 6.45) is 4.59. The molecule has 0 aliphatic rings. The second kappa shape index (κ2) is 6.48. The first-order chi connectivity index (χ1) is 12.2. The van der Waals surface area contributed by atoms with Gasteiger partial charge in [0.2, 0.25) is 11.9 Å². The minimum Gasteiger partial charge on any atom is -0.295 e. The van der Waals surface area contributed by atoms with E-state index in [2.05, 4.69) is 56.7 Å². The lowest BCUT2D eigenvalue weighted by Crippen LogP contribution is -2.16. The molecule has 4 aromatic rings. The fourth-order valence-electron chi connectivity index (χ4n) is 2.61. The van der Waals surface area contributed by atoms with Crippen LogP contribution in [0.25, 0.3) is 16.2 Å². The van der Waals surface area contributed by atoms with Crippen molar-refractivity contribution in [1.29, 1.82) is 0 Å². The zero-order valence-corrected chi connectivity index (χ0v) is 14.4. The van der Waals surface area contributed by atoms with Crippen LogP contribution in [0.15, 0.2) is 42.2 Å². The molecule has 0 bridgehead atoms. The third-order valence-corrected chi connectivity index (χ3v) is 4.84. The number of H-pyrrole nitrogens is 1. The molecule has 126 valence electrons. The average molecular weight is 352 g/mol. The number of amides is 1. The van der Waals surface area contributed by atoms with Crippen LogP contribution in [-0.2, 0) is 17.6 Å². The van der Waals surface area contributed by atoms with Crippen molar-refractivity contribution >= 4 is 28.2 Å². The van der Waals surface area contributed by atoms with Gasteiger partial charge in [-0.25, -0.2) is 10.1 Å². The third kappa shape index (κ3) is 3.16. The second-order valence-corrected chi connectivity index (χ2v) is 6.45. The van der Waals surface area contributed by atoms with Crippen molar-refractivity contribution in [3.8, 4) is 11.3 Å². The number of imidazole rings is 1. The lowest BCUT2D eigenvalue weighted by Gasteiger charge is -2.01. The highest BCUT2D eigenvalue weighted by Crippen LogP contribution is 2.24. The van der Waals surface area contributed by atoms with Gasteiger partial charge in [0.15, 0.2) is 4.96 Å². The van der Waals surface area contributed by atoms with Crippen LogP contribution in [0.5, 0.6) is 0 Å². The summed E-state index contributed by atoms with van der Waals surface area (Å²) in [5.74, 6) is 0.192. The lowest BCUT2D eigenvalue weighted by molar-refractivity contribution is -0.115. The second-order valence-electron chi connectivity index (χ2n) is 5.62. The Kier molecular flexibility index (Phi) is 4.02. The molecule has 0 unspecified atom stereocenters. The number of hydrogen-bond donors (Lipinski definition) is 2. The van der Waals surface area contributed by atoms with Crippen molar-refractivity contribution in [2.24, 2.45) is 0 Å². The van der Waals surface area contributed by atoms with Gasteiger partial charge in [-0.3, -0.25) is 14.5 Å². The van der Waals surface area contributed by atoms with Crippen molar-refractivity contribution in [2.75, 3.05) is 5.32 Å². The molecule has 0 radical (unpaired) electrons. The zero-order chi connectivity index (χ0) is 17.2. The van der Waals surface area contributed by atoms with Gasteiger partial charge in [0.25, 0.3) is 0 Å². The molecule has 2 N–H and O–H groups in total. The number of benzene rings is 1. The Morgan fingerprint density at radius 1 is 1.32 bits per heavy atom. The predicted molar refractivity (Wildman–Crippen MR) is 96.6 cm³/mol. The lowest BCUT2D eigenvalue weighted by atomic mass is 10.1. The van der Waals surface area contributed by atoms with Crippen molar-refractivity contribution in [1.82, 2.24) is 24.6 Å². The van der Waals surface area contributed by atoms with Crippen molar-refractivity contribution in [3.63, 3.8) is 0 Å². The Hall–Kier alpha value is -3.00. The molecule has 0 atom stereocenters. The minimum absolute atomic E-state index is 0.154. The van der Waals surface area contributed by atoms with Gasteiger partial charge in [-0.1, -0.05) is 31.2 Å². The maximum atomic E-state index is 12.1. The van der Waals surface area contributed by atoms with E-state index in [-0.39, 0.29) is 12.3 Å². The number of rotatable bonds is 5. The number of aryl methyl sites for hydroxylation is 1. The Bertz CT molecular complexity index is 1000. The summed E-state index contributed by atoms with van der Waals surface area (Å²) in [5.41, 5.74) is 4.17. The quantitative estimate of drug-likeness (QED) is 0.578. The van der Waals surface area contributed by atoms with Gasteiger partial charge in [0.05, 0.1) is 12.1 Å². The van der Waals surface area contributed by atoms with Gasteiger partial charge in [0.1, 0.15) is 6.33 Å². The van der Waals surface area contributed by atoms with E-state index in [0.29, 0.717) is 5.95 Å². The van der Waals surface area contributed by atoms with Crippen LogP contribution in [0.2, 0.25) is 0 Å². The highest BCUT2D eigenvalue weighted by Gasteiger charge is 2.13. The summed E-state index contributed by atoms with van der Waals surface area (Å²) in [4.78, 5) is 21.6. The molecule has 25 heavy (non-hydrogen) atoms. The first-order valence-corrected chi connectivity index (χ1v) is 8.81. The van der Waals surface area contributed by atoms with Gasteiger partial charge in [-0.05, 0) is 12.0 Å². The number of carbonyl (C=O) groups is 1. The Balaban J connectivity index is 1.56. The Morgan fingerprint density at radius 2 is 2.16 bits per heavy atom. The molecular weight excluding hydrogens is 336 g/mol. The average Bonchev–Trinajstić information content (AvgIpc) is 3.34. The zero-order valence-electron chi connectivity index (χ0n) is 13.6. The van der Waals surface area contributed by atoms with Crippen molar-refractivity contribution in [2.45, 2.75) is 19.8 Å². The molecule has 0 spiro atoms. The summed E-state index contributed by atoms with van der Waals surface area (Å²) >= 11 is 1.52. The number of anilines is 1. The van der Waals surface area contributed by atoms with E-state index in [0.717, 1.165) is 28.3 Å².